The van der Waals surface area contributed by atoms with E-state index < -0.39 is 12.1 Å². The summed E-state index contributed by atoms with van der Waals surface area (Å²) < 4.78 is 1.39. The second-order valence-electron chi connectivity index (χ2n) is 4.28. The molecule has 0 fully saturated rings. The van der Waals surface area contributed by atoms with E-state index in [9.17, 15) is 9.59 Å². The SMILES string of the molecule is CC(O)CCN(C)C(=O)c1cccn1CC(=O)O. The molecule has 2 N–H and O–H groups in total. The summed E-state index contributed by atoms with van der Waals surface area (Å²) in [6, 6.07) is 3.23. The van der Waals surface area contributed by atoms with Crippen molar-refractivity contribution >= 4 is 11.9 Å². The number of aliphatic hydroxyl groups excluding tert-OH is 1. The van der Waals surface area contributed by atoms with Gasteiger partial charge < -0.3 is 19.7 Å². The summed E-state index contributed by atoms with van der Waals surface area (Å²) in [6.07, 6.45) is 1.58. The Bertz CT molecular complexity index is 425. The van der Waals surface area contributed by atoms with Crippen LogP contribution in [0.1, 0.15) is 23.8 Å². The number of amides is 1. The molecule has 1 aromatic heterocycles. The zero-order valence-corrected chi connectivity index (χ0v) is 10.5. The molecule has 100 valence electrons. The molecule has 0 aliphatic heterocycles. The van der Waals surface area contributed by atoms with Crippen LogP contribution in [0.3, 0.4) is 0 Å². The molecule has 18 heavy (non-hydrogen) atoms. The number of hydrogen-bond acceptors (Lipinski definition) is 3. The first-order valence-electron chi connectivity index (χ1n) is 5.72. The lowest BCUT2D eigenvalue weighted by Crippen LogP contribution is -2.31. The van der Waals surface area contributed by atoms with Crippen molar-refractivity contribution in [3.8, 4) is 0 Å². The number of aromatic nitrogens is 1. The van der Waals surface area contributed by atoms with Gasteiger partial charge in [-0.2, -0.15) is 0 Å². The van der Waals surface area contributed by atoms with Crippen LogP contribution in [0.4, 0.5) is 0 Å². The molecule has 0 saturated carbocycles. The monoisotopic (exact) mass is 254 g/mol. The third-order valence-corrected chi connectivity index (χ3v) is 2.58. The van der Waals surface area contributed by atoms with Gasteiger partial charge in [-0.05, 0) is 25.5 Å². The highest BCUT2D eigenvalue weighted by Crippen LogP contribution is 2.07. The van der Waals surface area contributed by atoms with Crippen molar-refractivity contribution in [1.29, 1.82) is 0 Å². The molecule has 0 aliphatic rings. The number of aliphatic hydroxyl groups is 1. The highest BCUT2D eigenvalue weighted by molar-refractivity contribution is 5.93. The minimum absolute atomic E-state index is 0.238. The summed E-state index contributed by atoms with van der Waals surface area (Å²) in [5.41, 5.74) is 0.338. The maximum atomic E-state index is 12.1. The van der Waals surface area contributed by atoms with Gasteiger partial charge in [0.25, 0.3) is 5.91 Å². The zero-order valence-electron chi connectivity index (χ0n) is 10.5. The molecule has 0 spiro atoms. The lowest BCUT2D eigenvalue weighted by Gasteiger charge is -2.18. The standard InChI is InChI=1S/C12H18N2O4/c1-9(15)5-7-13(2)12(18)10-4-3-6-14(10)8-11(16)17/h3-4,6,9,15H,5,7-8H2,1-2H3,(H,16,17). The van der Waals surface area contributed by atoms with Crippen LogP contribution in [0.25, 0.3) is 0 Å². The van der Waals surface area contributed by atoms with Gasteiger partial charge in [-0.15, -0.1) is 0 Å². The summed E-state index contributed by atoms with van der Waals surface area (Å²) in [6.45, 7) is 1.85. The zero-order chi connectivity index (χ0) is 13.7. The molecule has 1 atom stereocenters. The van der Waals surface area contributed by atoms with E-state index in [0.29, 0.717) is 18.7 Å². The van der Waals surface area contributed by atoms with Crippen LogP contribution in [0.5, 0.6) is 0 Å². The van der Waals surface area contributed by atoms with Gasteiger partial charge in [-0.25, -0.2) is 0 Å². The summed E-state index contributed by atoms with van der Waals surface area (Å²) in [7, 11) is 1.63. The van der Waals surface area contributed by atoms with E-state index in [-0.39, 0.29) is 12.5 Å². The Hall–Kier alpha value is -1.82. The molecule has 1 heterocycles. The fourth-order valence-corrected chi connectivity index (χ4v) is 1.57. The van der Waals surface area contributed by atoms with Crippen LogP contribution in [0.15, 0.2) is 18.3 Å². The van der Waals surface area contributed by atoms with Gasteiger partial charge in [0, 0.05) is 19.8 Å². The van der Waals surface area contributed by atoms with Crippen molar-refractivity contribution in [1.82, 2.24) is 9.47 Å². The molecule has 1 aromatic rings. The second-order valence-corrected chi connectivity index (χ2v) is 4.28. The van der Waals surface area contributed by atoms with Crippen molar-refractivity contribution in [2.24, 2.45) is 0 Å². The van der Waals surface area contributed by atoms with Gasteiger partial charge >= 0.3 is 5.97 Å². The largest absolute Gasteiger partial charge is 0.480 e. The first kappa shape index (κ1) is 14.2. The lowest BCUT2D eigenvalue weighted by atomic mass is 10.2. The Morgan fingerprint density at radius 3 is 2.72 bits per heavy atom. The number of aliphatic carboxylic acids is 1. The van der Waals surface area contributed by atoms with E-state index in [1.807, 2.05) is 0 Å². The van der Waals surface area contributed by atoms with E-state index in [1.54, 1.807) is 32.3 Å². The number of carbonyl (C=O) groups is 2. The summed E-state index contributed by atoms with van der Waals surface area (Å²) in [5.74, 6) is -1.24. The molecule has 1 unspecified atom stereocenters. The molecule has 0 aliphatic carbocycles. The number of hydrogen-bond donors (Lipinski definition) is 2. The molecule has 0 radical (unpaired) electrons. The number of nitrogens with zero attached hydrogens (tertiary/aromatic N) is 2. The van der Waals surface area contributed by atoms with Crippen LogP contribution in [-0.4, -0.2) is 51.3 Å². The molecule has 1 rings (SSSR count). The number of rotatable bonds is 6. The molecule has 6 nitrogen and oxygen atoms in total. The quantitative estimate of drug-likeness (QED) is 0.770. The molecule has 0 aromatic carbocycles. The number of carboxylic acids is 1. The van der Waals surface area contributed by atoms with Gasteiger partial charge in [-0.3, -0.25) is 9.59 Å². The van der Waals surface area contributed by atoms with Crippen LogP contribution < -0.4 is 0 Å². The summed E-state index contributed by atoms with van der Waals surface area (Å²) in [4.78, 5) is 24.2. The Morgan fingerprint density at radius 2 is 2.17 bits per heavy atom. The first-order valence-corrected chi connectivity index (χ1v) is 5.72. The molecule has 6 heteroatoms. The van der Waals surface area contributed by atoms with E-state index in [4.69, 9.17) is 10.2 Å². The maximum absolute atomic E-state index is 12.1. The van der Waals surface area contributed by atoms with Gasteiger partial charge in [0.2, 0.25) is 0 Å². The smallest absolute Gasteiger partial charge is 0.323 e. The van der Waals surface area contributed by atoms with Crippen LogP contribution in [0, 0.1) is 0 Å². The fraction of sp³-hybridized carbons (Fsp3) is 0.500. The van der Waals surface area contributed by atoms with Crippen molar-refractivity contribution < 1.29 is 19.8 Å². The third-order valence-electron chi connectivity index (χ3n) is 2.58. The second kappa shape index (κ2) is 6.20. The Labute approximate surface area is 105 Å². The van der Waals surface area contributed by atoms with E-state index in [1.165, 1.54) is 9.47 Å². The van der Waals surface area contributed by atoms with Crippen LogP contribution >= 0.6 is 0 Å². The fourth-order valence-electron chi connectivity index (χ4n) is 1.57. The van der Waals surface area contributed by atoms with Crippen molar-refractivity contribution in [3.05, 3.63) is 24.0 Å². The predicted molar refractivity (Wildman–Crippen MR) is 65.3 cm³/mol. The number of carbonyl (C=O) groups excluding carboxylic acids is 1. The van der Waals surface area contributed by atoms with Gasteiger partial charge in [0.15, 0.2) is 0 Å². The Morgan fingerprint density at radius 1 is 1.50 bits per heavy atom. The molecule has 0 saturated heterocycles. The topological polar surface area (TPSA) is 82.8 Å². The minimum Gasteiger partial charge on any atom is -0.480 e. The van der Waals surface area contributed by atoms with E-state index in [2.05, 4.69) is 0 Å². The minimum atomic E-state index is -0.994. The van der Waals surface area contributed by atoms with Crippen LogP contribution in [0.2, 0.25) is 0 Å². The predicted octanol–water partition coefficient (Wildman–Crippen LogP) is 0.416. The van der Waals surface area contributed by atoms with Gasteiger partial charge in [0.05, 0.1) is 6.10 Å². The Balaban J connectivity index is 2.71. The Kier molecular flexibility index (Phi) is 4.91. The lowest BCUT2D eigenvalue weighted by molar-refractivity contribution is -0.137. The normalized spacial score (nSPS) is 12.2. The molecular weight excluding hydrogens is 236 g/mol. The third kappa shape index (κ3) is 3.89. The average Bonchev–Trinajstić information content (AvgIpc) is 2.71. The summed E-state index contributed by atoms with van der Waals surface area (Å²) >= 11 is 0. The van der Waals surface area contributed by atoms with Gasteiger partial charge in [-0.1, -0.05) is 0 Å². The van der Waals surface area contributed by atoms with Crippen molar-refractivity contribution in [2.45, 2.75) is 26.0 Å². The highest BCUT2D eigenvalue weighted by atomic mass is 16.4. The molecule has 1 amide bonds. The van der Waals surface area contributed by atoms with E-state index >= 15 is 0 Å². The van der Waals surface area contributed by atoms with E-state index in [0.717, 1.165) is 0 Å². The highest BCUT2D eigenvalue weighted by Gasteiger charge is 2.16. The maximum Gasteiger partial charge on any atom is 0.323 e. The molecular formula is C12H18N2O4. The van der Waals surface area contributed by atoms with Crippen molar-refractivity contribution in [3.63, 3.8) is 0 Å². The first-order chi connectivity index (χ1) is 8.41. The molecule has 0 bridgehead atoms. The number of carboxylic acid groups (broad SMARTS) is 1. The van der Waals surface area contributed by atoms with Gasteiger partial charge in [0.1, 0.15) is 12.2 Å². The van der Waals surface area contributed by atoms with Crippen molar-refractivity contribution in [2.75, 3.05) is 13.6 Å². The average molecular weight is 254 g/mol. The summed E-state index contributed by atoms with van der Waals surface area (Å²) in [5, 5.41) is 17.9. The van der Waals surface area contributed by atoms with Crippen LogP contribution in [-0.2, 0) is 11.3 Å².